The summed E-state index contributed by atoms with van der Waals surface area (Å²) in [6, 6.07) is 10.5. The highest BCUT2D eigenvalue weighted by Crippen LogP contribution is 2.22. The van der Waals surface area contributed by atoms with E-state index in [0.29, 0.717) is 23.0 Å². The molecule has 1 aromatic carbocycles. The standard InChI is InChI=1S/C19H24N6O/c1-19(2,3)25-16-15(11-20-25)17(26)23-18(22-16)24-10-9-14(12-24)21-13-7-5-4-6-8-13/h4-8,11,14,21H,9-10,12H2,1-3H3,(H,22,23,26). The van der Waals surface area contributed by atoms with E-state index in [-0.39, 0.29) is 11.1 Å². The van der Waals surface area contributed by atoms with Gasteiger partial charge in [-0.1, -0.05) is 18.2 Å². The molecule has 1 aliphatic heterocycles. The maximum Gasteiger partial charge on any atom is 0.263 e. The third-order valence-corrected chi connectivity index (χ3v) is 4.69. The van der Waals surface area contributed by atoms with Crippen LogP contribution in [0.5, 0.6) is 0 Å². The van der Waals surface area contributed by atoms with Crippen LogP contribution in [0.2, 0.25) is 0 Å². The molecule has 0 aliphatic carbocycles. The summed E-state index contributed by atoms with van der Waals surface area (Å²) in [4.78, 5) is 22.3. The van der Waals surface area contributed by atoms with Crippen molar-refractivity contribution in [3.05, 3.63) is 46.9 Å². The summed E-state index contributed by atoms with van der Waals surface area (Å²) in [5.41, 5.74) is 1.38. The molecule has 1 aliphatic rings. The largest absolute Gasteiger partial charge is 0.380 e. The van der Waals surface area contributed by atoms with Crippen molar-refractivity contribution >= 4 is 22.7 Å². The van der Waals surface area contributed by atoms with Crippen LogP contribution < -0.4 is 15.8 Å². The van der Waals surface area contributed by atoms with Crippen molar-refractivity contribution in [2.45, 2.75) is 38.8 Å². The minimum Gasteiger partial charge on any atom is -0.380 e. The molecule has 0 spiro atoms. The molecule has 26 heavy (non-hydrogen) atoms. The number of H-pyrrole nitrogens is 1. The van der Waals surface area contributed by atoms with Crippen LogP contribution in [0.4, 0.5) is 11.6 Å². The van der Waals surface area contributed by atoms with E-state index in [2.05, 4.69) is 53.2 Å². The molecule has 7 heteroatoms. The lowest BCUT2D eigenvalue weighted by molar-refractivity contribution is 0.366. The van der Waals surface area contributed by atoms with Crippen LogP contribution in [0.3, 0.4) is 0 Å². The molecule has 136 valence electrons. The van der Waals surface area contributed by atoms with Gasteiger partial charge in [-0.2, -0.15) is 10.1 Å². The summed E-state index contributed by atoms with van der Waals surface area (Å²) in [6.45, 7) is 7.81. The van der Waals surface area contributed by atoms with E-state index in [1.54, 1.807) is 6.20 Å². The summed E-state index contributed by atoms with van der Waals surface area (Å²) in [7, 11) is 0. The van der Waals surface area contributed by atoms with Crippen molar-refractivity contribution in [1.29, 1.82) is 0 Å². The summed E-state index contributed by atoms with van der Waals surface area (Å²) < 4.78 is 1.82. The second kappa shape index (κ2) is 6.16. The second-order valence-corrected chi connectivity index (χ2v) is 7.80. The molecule has 1 saturated heterocycles. The van der Waals surface area contributed by atoms with Crippen LogP contribution in [0.15, 0.2) is 41.3 Å². The Morgan fingerprint density at radius 2 is 2.00 bits per heavy atom. The normalized spacial score (nSPS) is 17.8. The van der Waals surface area contributed by atoms with E-state index in [1.807, 2.05) is 22.9 Å². The predicted octanol–water partition coefficient (Wildman–Crippen LogP) is 2.57. The van der Waals surface area contributed by atoms with Crippen LogP contribution in [-0.2, 0) is 5.54 Å². The molecule has 7 nitrogen and oxygen atoms in total. The SMILES string of the molecule is CC(C)(C)n1ncc2c(=O)[nH]c(N3CCC(Nc4ccccc4)C3)nc21. The van der Waals surface area contributed by atoms with E-state index in [0.717, 1.165) is 25.2 Å². The van der Waals surface area contributed by atoms with Gasteiger partial charge in [-0.15, -0.1) is 0 Å². The number of nitrogens with one attached hydrogen (secondary N) is 2. The van der Waals surface area contributed by atoms with Gasteiger partial charge in [0, 0.05) is 24.8 Å². The zero-order valence-electron chi connectivity index (χ0n) is 15.4. The van der Waals surface area contributed by atoms with Gasteiger partial charge in [-0.25, -0.2) is 4.68 Å². The fourth-order valence-electron chi connectivity index (χ4n) is 3.39. The van der Waals surface area contributed by atoms with Crippen LogP contribution in [0.1, 0.15) is 27.2 Å². The lowest BCUT2D eigenvalue weighted by Gasteiger charge is -2.21. The summed E-state index contributed by atoms with van der Waals surface area (Å²) in [5.74, 6) is 0.617. The van der Waals surface area contributed by atoms with Crippen molar-refractivity contribution < 1.29 is 0 Å². The Kier molecular flexibility index (Phi) is 3.94. The molecule has 2 N–H and O–H groups in total. The van der Waals surface area contributed by atoms with Gasteiger partial charge in [0.15, 0.2) is 5.65 Å². The molecule has 3 heterocycles. The van der Waals surface area contributed by atoms with Gasteiger partial charge in [0.2, 0.25) is 5.95 Å². The van der Waals surface area contributed by atoms with E-state index in [9.17, 15) is 4.79 Å². The van der Waals surface area contributed by atoms with Crippen molar-refractivity contribution in [3.8, 4) is 0 Å². The molecule has 0 saturated carbocycles. The molecule has 1 atom stereocenters. The number of nitrogens with zero attached hydrogens (tertiary/aromatic N) is 4. The average molecular weight is 352 g/mol. The van der Waals surface area contributed by atoms with E-state index < -0.39 is 0 Å². The first-order valence-electron chi connectivity index (χ1n) is 8.97. The van der Waals surface area contributed by atoms with Crippen LogP contribution in [0.25, 0.3) is 11.0 Å². The van der Waals surface area contributed by atoms with E-state index in [4.69, 9.17) is 4.98 Å². The highest BCUT2D eigenvalue weighted by Gasteiger charge is 2.26. The number of rotatable bonds is 3. The highest BCUT2D eigenvalue weighted by atomic mass is 16.1. The van der Waals surface area contributed by atoms with Crippen molar-refractivity contribution in [3.63, 3.8) is 0 Å². The minimum atomic E-state index is -0.234. The number of benzene rings is 1. The fraction of sp³-hybridized carbons (Fsp3) is 0.421. The smallest absolute Gasteiger partial charge is 0.263 e. The Bertz CT molecular complexity index is 969. The quantitative estimate of drug-likeness (QED) is 0.757. The van der Waals surface area contributed by atoms with Gasteiger partial charge in [-0.3, -0.25) is 9.78 Å². The first-order valence-corrected chi connectivity index (χ1v) is 8.97. The number of aromatic nitrogens is 4. The van der Waals surface area contributed by atoms with Gasteiger partial charge in [0.25, 0.3) is 5.56 Å². The van der Waals surface area contributed by atoms with Gasteiger partial charge < -0.3 is 10.2 Å². The van der Waals surface area contributed by atoms with Crippen molar-refractivity contribution in [2.75, 3.05) is 23.3 Å². The predicted molar refractivity (Wildman–Crippen MR) is 104 cm³/mol. The van der Waals surface area contributed by atoms with E-state index in [1.165, 1.54) is 0 Å². The van der Waals surface area contributed by atoms with Crippen molar-refractivity contribution in [2.24, 2.45) is 0 Å². The molecule has 1 fully saturated rings. The minimum absolute atomic E-state index is 0.139. The lowest BCUT2D eigenvalue weighted by atomic mass is 10.1. The highest BCUT2D eigenvalue weighted by molar-refractivity contribution is 5.74. The molecule has 0 amide bonds. The van der Waals surface area contributed by atoms with Gasteiger partial charge in [0.05, 0.1) is 11.7 Å². The van der Waals surface area contributed by atoms with Crippen LogP contribution >= 0.6 is 0 Å². The maximum atomic E-state index is 12.5. The third kappa shape index (κ3) is 3.05. The molecule has 2 aromatic heterocycles. The third-order valence-electron chi connectivity index (χ3n) is 4.69. The molecular formula is C19H24N6O. The summed E-state index contributed by atoms with van der Waals surface area (Å²) in [5, 5.41) is 8.44. The zero-order valence-corrected chi connectivity index (χ0v) is 15.4. The van der Waals surface area contributed by atoms with Crippen LogP contribution in [0, 0.1) is 0 Å². The summed E-state index contributed by atoms with van der Waals surface area (Å²) >= 11 is 0. The molecule has 1 unspecified atom stereocenters. The number of hydrogen-bond acceptors (Lipinski definition) is 5. The van der Waals surface area contributed by atoms with Crippen molar-refractivity contribution in [1.82, 2.24) is 19.7 Å². The van der Waals surface area contributed by atoms with Gasteiger partial charge in [-0.05, 0) is 39.3 Å². The molecule has 3 aromatic rings. The van der Waals surface area contributed by atoms with Crippen LogP contribution in [-0.4, -0.2) is 38.9 Å². The Labute approximate surface area is 152 Å². The average Bonchev–Trinajstić information content (AvgIpc) is 3.22. The Morgan fingerprint density at radius 3 is 2.73 bits per heavy atom. The lowest BCUT2D eigenvalue weighted by Crippen LogP contribution is -2.29. The Balaban J connectivity index is 1.60. The molecule has 4 rings (SSSR count). The first-order chi connectivity index (χ1) is 12.4. The number of para-hydroxylation sites is 1. The van der Waals surface area contributed by atoms with Gasteiger partial charge >= 0.3 is 0 Å². The summed E-state index contributed by atoms with van der Waals surface area (Å²) in [6.07, 6.45) is 2.59. The molecular weight excluding hydrogens is 328 g/mol. The number of aromatic amines is 1. The monoisotopic (exact) mass is 352 g/mol. The number of hydrogen-bond donors (Lipinski definition) is 2. The first kappa shape index (κ1) is 16.6. The van der Waals surface area contributed by atoms with Gasteiger partial charge in [0.1, 0.15) is 5.39 Å². The molecule has 0 radical (unpaired) electrons. The van der Waals surface area contributed by atoms with E-state index >= 15 is 0 Å². The Hall–Kier alpha value is -2.83. The number of fused-ring (bicyclic) bond motifs is 1. The molecule has 0 bridgehead atoms. The zero-order chi connectivity index (χ0) is 18.3. The fourth-order valence-corrected chi connectivity index (χ4v) is 3.39. The topological polar surface area (TPSA) is 78.8 Å². The number of anilines is 2. The Morgan fingerprint density at radius 1 is 1.23 bits per heavy atom. The second-order valence-electron chi connectivity index (χ2n) is 7.80. The maximum absolute atomic E-state index is 12.5.